The van der Waals surface area contributed by atoms with Gasteiger partial charge in [0.2, 0.25) is 11.8 Å². The first kappa shape index (κ1) is 19.6. The van der Waals surface area contributed by atoms with Crippen LogP contribution in [0.1, 0.15) is 45.1 Å². The van der Waals surface area contributed by atoms with E-state index in [2.05, 4.69) is 28.5 Å². The number of amides is 2. The Morgan fingerprint density at radius 3 is 2.58 bits per heavy atom. The number of rotatable bonds is 7. The van der Waals surface area contributed by atoms with Crippen LogP contribution in [0, 0.1) is 5.92 Å². The highest BCUT2D eigenvalue weighted by Crippen LogP contribution is 2.26. The molecule has 0 saturated heterocycles. The summed E-state index contributed by atoms with van der Waals surface area (Å²) in [6, 6.07) is 9.67. The number of nitrogens with zero attached hydrogens (tertiary/aromatic N) is 1. The van der Waals surface area contributed by atoms with Gasteiger partial charge in [0.25, 0.3) is 0 Å². The fourth-order valence-corrected chi connectivity index (χ4v) is 2.72. The molecule has 1 aromatic rings. The largest absolute Gasteiger partial charge is 0.352 e. The number of nitrogens with one attached hydrogen (secondary N) is 2. The van der Waals surface area contributed by atoms with Gasteiger partial charge in [0, 0.05) is 19.4 Å². The van der Waals surface area contributed by atoms with E-state index in [1.165, 1.54) is 0 Å². The van der Waals surface area contributed by atoms with E-state index in [-0.39, 0.29) is 24.7 Å². The maximum Gasteiger partial charge on any atom is 0.240 e. The number of hydrazone groups is 1. The van der Waals surface area contributed by atoms with Crippen LogP contribution >= 0.6 is 0 Å². The van der Waals surface area contributed by atoms with Gasteiger partial charge in [0.15, 0.2) is 0 Å². The molecule has 2 N–H and O–H groups in total. The molecule has 5 heteroatoms. The lowest BCUT2D eigenvalue weighted by Crippen LogP contribution is -2.26. The number of allylic oxidation sites excluding steroid dienone is 3. The zero-order valence-corrected chi connectivity index (χ0v) is 15.5. The SMILES string of the molecule is C=C(C)C1CC=C(C)C(=NNC(=O)CCC(=O)NCc2ccccc2)C1. The summed E-state index contributed by atoms with van der Waals surface area (Å²) in [6.07, 6.45) is 4.15. The van der Waals surface area contributed by atoms with Crippen molar-refractivity contribution in [2.24, 2.45) is 11.0 Å². The number of hydrogen-bond acceptors (Lipinski definition) is 3. The fourth-order valence-electron chi connectivity index (χ4n) is 2.72. The van der Waals surface area contributed by atoms with Crippen LogP contribution in [0.15, 0.2) is 59.2 Å². The van der Waals surface area contributed by atoms with Crippen LogP contribution in [-0.2, 0) is 16.1 Å². The Labute approximate surface area is 155 Å². The van der Waals surface area contributed by atoms with E-state index >= 15 is 0 Å². The van der Waals surface area contributed by atoms with E-state index in [0.717, 1.165) is 35.3 Å². The molecule has 2 rings (SSSR count). The Kier molecular flexibility index (Phi) is 7.33. The van der Waals surface area contributed by atoms with Crippen LogP contribution in [0.5, 0.6) is 0 Å². The second-order valence-electron chi connectivity index (χ2n) is 6.73. The highest BCUT2D eigenvalue weighted by atomic mass is 16.2. The minimum absolute atomic E-state index is 0.115. The fraction of sp³-hybridized carbons (Fsp3) is 0.381. The van der Waals surface area contributed by atoms with Crippen LogP contribution in [0.25, 0.3) is 0 Å². The molecule has 0 aromatic heterocycles. The summed E-state index contributed by atoms with van der Waals surface area (Å²) in [5.74, 6) is -0.0246. The van der Waals surface area contributed by atoms with Crippen molar-refractivity contribution in [2.75, 3.05) is 0 Å². The summed E-state index contributed by atoms with van der Waals surface area (Å²) >= 11 is 0. The summed E-state index contributed by atoms with van der Waals surface area (Å²) in [5.41, 5.74) is 6.70. The van der Waals surface area contributed by atoms with Gasteiger partial charge in [-0.1, -0.05) is 48.6 Å². The predicted molar refractivity (Wildman–Crippen MR) is 104 cm³/mol. The van der Waals surface area contributed by atoms with Gasteiger partial charge in [0.05, 0.1) is 5.71 Å². The van der Waals surface area contributed by atoms with Gasteiger partial charge in [-0.05, 0) is 43.7 Å². The molecule has 5 nitrogen and oxygen atoms in total. The van der Waals surface area contributed by atoms with Gasteiger partial charge in [0.1, 0.15) is 0 Å². The molecule has 1 atom stereocenters. The molecule has 1 aromatic carbocycles. The van der Waals surface area contributed by atoms with Crippen LogP contribution in [0.4, 0.5) is 0 Å². The van der Waals surface area contributed by atoms with Crippen LogP contribution in [0.2, 0.25) is 0 Å². The molecule has 0 saturated carbocycles. The Balaban J connectivity index is 1.74. The smallest absolute Gasteiger partial charge is 0.240 e. The van der Waals surface area contributed by atoms with Crippen molar-refractivity contribution in [3.8, 4) is 0 Å². The molecule has 0 aliphatic heterocycles. The molecular formula is C21H27N3O2. The van der Waals surface area contributed by atoms with Crippen LogP contribution < -0.4 is 10.7 Å². The lowest BCUT2D eigenvalue weighted by molar-refractivity contribution is -0.126. The summed E-state index contributed by atoms with van der Waals surface area (Å²) in [7, 11) is 0. The first-order valence-electron chi connectivity index (χ1n) is 8.94. The van der Waals surface area contributed by atoms with E-state index in [0.29, 0.717) is 12.5 Å². The highest BCUT2D eigenvalue weighted by molar-refractivity contribution is 6.01. The molecule has 1 unspecified atom stereocenters. The summed E-state index contributed by atoms with van der Waals surface area (Å²) in [6.45, 7) is 8.49. The third-order valence-electron chi connectivity index (χ3n) is 4.53. The van der Waals surface area contributed by atoms with Gasteiger partial charge >= 0.3 is 0 Å². The second-order valence-corrected chi connectivity index (χ2v) is 6.73. The molecule has 1 aliphatic rings. The lowest BCUT2D eigenvalue weighted by atomic mass is 9.85. The molecule has 0 bridgehead atoms. The minimum atomic E-state index is -0.252. The average molecular weight is 353 g/mol. The summed E-state index contributed by atoms with van der Waals surface area (Å²) in [5, 5.41) is 7.06. The molecule has 0 radical (unpaired) electrons. The van der Waals surface area contributed by atoms with Gasteiger partial charge in [-0.15, -0.1) is 0 Å². The lowest BCUT2D eigenvalue weighted by Gasteiger charge is -2.22. The van der Waals surface area contributed by atoms with Gasteiger partial charge in [-0.3, -0.25) is 9.59 Å². The number of hydrogen-bond donors (Lipinski definition) is 2. The van der Waals surface area contributed by atoms with Crippen molar-refractivity contribution in [2.45, 2.75) is 46.1 Å². The molecule has 2 amide bonds. The number of benzene rings is 1. The molecule has 0 spiro atoms. The standard InChI is InChI=1S/C21H27N3O2/c1-15(2)18-10-9-16(3)19(13-18)23-24-21(26)12-11-20(25)22-14-17-7-5-4-6-8-17/h4-9,18H,1,10-14H2,2-3H3,(H,22,25)(H,24,26). The third kappa shape index (κ3) is 6.31. The number of carbonyl (C=O) groups is 2. The van der Waals surface area contributed by atoms with E-state index in [4.69, 9.17) is 0 Å². The molecule has 0 heterocycles. The topological polar surface area (TPSA) is 70.6 Å². The minimum Gasteiger partial charge on any atom is -0.352 e. The maximum absolute atomic E-state index is 12.0. The van der Waals surface area contributed by atoms with E-state index in [1.807, 2.05) is 44.2 Å². The monoisotopic (exact) mass is 353 g/mol. The Bertz CT molecular complexity index is 720. The Morgan fingerprint density at radius 1 is 1.19 bits per heavy atom. The predicted octanol–water partition coefficient (Wildman–Crippen LogP) is 3.49. The Morgan fingerprint density at radius 2 is 1.88 bits per heavy atom. The second kappa shape index (κ2) is 9.70. The first-order chi connectivity index (χ1) is 12.5. The summed E-state index contributed by atoms with van der Waals surface area (Å²) in [4.78, 5) is 23.8. The number of carbonyl (C=O) groups excluding carboxylic acids is 2. The molecule has 0 fully saturated rings. The molecule has 1 aliphatic carbocycles. The summed E-state index contributed by atoms with van der Waals surface area (Å²) < 4.78 is 0. The van der Waals surface area contributed by atoms with E-state index < -0.39 is 0 Å². The van der Waals surface area contributed by atoms with Crippen molar-refractivity contribution < 1.29 is 9.59 Å². The highest BCUT2D eigenvalue weighted by Gasteiger charge is 2.18. The quantitative estimate of drug-likeness (QED) is 0.582. The van der Waals surface area contributed by atoms with Crippen LogP contribution in [0.3, 0.4) is 0 Å². The molecule has 26 heavy (non-hydrogen) atoms. The van der Waals surface area contributed by atoms with E-state index in [9.17, 15) is 9.59 Å². The first-order valence-corrected chi connectivity index (χ1v) is 8.94. The van der Waals surface area contributed by atoms with Crippen molar-refractivity contribution >= 4 is 17.5 Å². The zero-order valence-electron chi connectivity index (χ0n) is 15.5. The normalized spacial score (nSPS) is 18.2. The average Bonchev–Trinajstić information content (AvgIpc) is 2.64. The Hall–Kier alpha value is -2.69. The molecular weight excluding hydrogens is 326 g/mol. The van der Waals surface area contributed by atoms with Crippen molar-refractivity contribution in [3.05, 3.63) is 59.7 Å². The van der Waals surface area contributed by atoms with Gasteiger partial charge in [-0.25, -0.2) is 5.43 Å². The van der Waals surface area contributed by atoms with Gasteiger partial charge < -0.3 is 5.32 Å². The van der Waals surface area contributed by atoms with Crippen molar-refractivity contribution in [3.63, 3.8) is 0 Å². The van der Waals surface area contributed by atoms with Crippen LogP contribution in [-0.4, -0.2) is 17.5 Å². The van der Waals surface area contributed by atoms with Crippen molar-refractivity contribution in [1.82, 2.24) is 10.7 Å². The van der Waals surface area contributed by atoms with Crippen molar-refractivity contribution in [1.29, 1.82) is 0 Å². The van der Waals surface area contributed by atoms with Gasteiger partial charge in [-0.2, -0.15) is 5.10 Å². The maximum atomic E-state index is 12.0. The zero-order chi connectivity index (χ0) is 18.9. The van der Waals surface area contributed by atoms with E-state index in [1.54, 1.807) is 0 Å². The third-order valence-corrected chi connectivity index (χ3v) is 4.53. The molecule has 138 valence electrons.